The maximum absolute atomic E-state index is 11.9. The van der Waals surface area contributed by atoms with Gasteiger partial charge in [-0.1, -0.05) is 28.1 Å². The highest BCUT2D eigenvalue weighted by Gasteiger charge is 2.53. The zero-order valence-electron chi connectivity index (χ0n) is 13.4. The van der Waals surface area contributed by atoms with E-state index in [9.17, 15) is 9.90 Å². The molecule has 4 atom stereocenters. The number of nitrogens with two attached hydrogens (primary N) is 1. The largest absolute Gasteiger partial charge is 0.493 e. The molecule has 128 valence electrons. The number of aliphatic hydroxyl groups is 1. The van der Waals surface area contributed by atoms with Crippen LogP contribution < -0.4 is 15.2 Å². The highest BCUT2D eigenvalue weighted by atomic mass is 79.9. The van der Waals surface area contributed by atoms with Gasteiger partial charge in [0.25, 0.3) is 0 Å². The number of amides is 1. The summed E-state index contributed by atoms with van der Waals surface area (Å²) in [7, 11) is 1.62. The van der Waals surface area contributed by atoms with Crippen LogP contribution in [0, 0.1) is 5.92 Å². The first-order valence-corrected chi connectivity index (χ1v) is 8.99. The van der Waals surface area contributed by atoms with Gasteiger partial charge in [0.1, 0.15) is 6.10 Å². The van der Waals surface area contributed by atoms with Crippen molar-refractivity contribution >= 4 is 21.8 Å². The average Bonchev–Trinajstić information content (AvgIpc) is 2.76. The zero-order chi connectivity index (χ0) is 17.1. The van der Waals surface area contributed by atoms with Crippen LogP contribution >= 0.6 is 15.9 Å². The van der Waals surface area contributed by atoms with E-state index in [0.717, 1.165) is 27.8 Å². The van der Waals surface area contributed by atoms with E-state index in [0.29, 0.717) is 25.0 Å². The van der Waals surface area contributed by atoms with Crippen molar-refractivity contribution in [2.24, 2.45) is 11.7 Å². The molecular weight excluding hydrogens is 374 g/mol. The van der Waals surface area contributed by atoms with Gasteiger partial charge in [-0.05, 0) is 30.9 Å². The molecule has 1 amide bonds. The third-order valence-electron chi connectivity index (χ3n) is 5.65. The molecule has 1 aromatic carbocycles. The molecule has 6 heteroatoms. The fraction of sp³-hybridized carbons (Fsp3) is 0.500. The molecule has 3 aliphatic rings. The fourth-order valence-corrected chi connectivity index (χ4v) is 4.99. The van der Waals surface area contributed by atoms with Crippen molar-refractivity contribution in [1.82, 2.24) is 0 Å². The van der Waals surface area contributed by atoms with Gasteiger partial charge >= 0.3 is 0 Å². The number of aliphatic hydroxyl groups excluding tert-OH is 1. The first kappa shape index (κ1) is 16.0. The van der Waals surface area contributed by atoms with Crippen molar-refractivity contribution in [1.29, 1.82) is 0 Å². The summed E-state index contributed by atoms with van der Waals surface area (Å²) in [6, 6.07) is 1.89. The number of carbonyl (C=O) groups excluding carboxylic acids is 1. The van der Waals surface area contributed by atoms with Crippen LogP contribution in [0.2, 0.25) is 0 Å². The van der Waals surface area contributed by atoms with Crippen LogP contribution in [0.25, 0.3) is 0 Å². The summed E-state index contributed by atoms with van der Waals surface area (Å²) < 4.78 is 12.7. The average molecular weight is 394 g/mol. The van der Waals surface area contributed by atoms with E-state index in [1.807, 2.05) is 12.1 Å². The van der Waals surface area contributed by atoms with Gasteiger partial charge < -0.3 is 20.3 Å². The van der Waals surface area contributed by atoms with Gasteiger partial charge in [-0.15, -0.1) is 0 Å². The van der Waals surface area contributed by atoms with Crippen LogP contribution in [0.15, 0.2) is 22.7 Å². The number of primary amides is 1. The molecule has 0 saturated carbocycles. The molecule has 1 aromatic rings. The van der Waals surface area contributed by atoms with Gasteiger partial charge in [0.05, 0.1) is 18.6 Å². The van der Waals surface area contributed by atoms with Crippen molar-refractivity contribution in [3.63, 3.8) is 0 Å². The lowest BCUT2D eigenvalue weighted by Crippen LogP contribution is -2.42. The lowest BCUT2D eigenvalue weighted by atomic mass is 9.69. The number of halogens is 1. The zero-order valence-corrected chi connectivity index (χ0v) is 15.0. The Labute approximate surface area is 148 Å². The van der Waals surface area contributed by atoms with Crippen LogP contribution in [0.4, 0.5) is 0 Å². The number of benzene rings is 1. The molecule has 5 nitrogen and oxygen atoms in total. The normalized spacial score (nSPS) is 33.2. The second-order valence-electron chi connectivity index (χ2n) is 6.89. The van der Waals surface area contributed by atoms with E-state index >= 15 is 0 Å². The lowest BCUT2D eigenvalue weighted by Gasteiger charge is -2.35. The first-order valence-electron chi connectivity index (χ1n) is 8.19. The number of carbonyl (C=O) groups is 1. The summed E-state index contributed by atoms with van der Waals surface area (Å²) in [5, 5.41) is 10.0. The summed E-state index contributed by atoms with van der Waals surface area (Å²) >= 11 is 3.64. The van der Waals surface area contributed by atoms with Crippen LogP contribution in [0.5, 0.6) is 11.5 Å². The highest BCUT2D eigenvalue weighted by molar-refractivity contribution is 9.10. The summed E-state index contributed by atoms with van der Waals surface area (Å²) in [6.07, 6.45) is 5.85. The number of rotatable bonds is 2. The molecule has 1 aliphatic heterocycles. The SMILES string of the molecule is COc1cc(Br)c2c3c1O[C@H]1C[C@@H](O)C=C[C@@]31CCC(C(N)=O)C2. The molecule has 0 fully saturated rings. The van der Waals surface area contributed by atoms with Gasteiger partial charge in [0.15, 0.2) is 11.5 Å². The Bertz CT molecular complexity index is 747. The predicted octanol–water partition coefficient (Wildman–Crippen LogP) is 2.22. The Morgan fingerprint density at radius 2 is 2.33 bits per heavy atom. The van der Waals surface area contributed by atoms with E-state index in [-0.39, 0.29) is 23.3 Å². The topological polar surface area (TPSA) is 81.8 Å². The predicted molar refractivity (Wildman–Crippen MR) is 92.2 cm³/mol. The summed E-state index contributed by atoms with van der Waals surface area (Å²) in [4.78, 5) is 11.9. The maximum atomic E-state index is 11.9. The molecular formula is C18H20BrNO4. The van der Waals surface area contributed by atoms with Gasteiger partial charge in [-0.2, -0.15) is 0 Å². The molecule has 0 bridgehead atoms. The highest BCUT2D eigenvalue weighted by Crippen LogP contribution is 2.58. The standard InChI is InChI=1S/C18H20BrNO4/c1-23-13-8-12(19)11-6-9(17(20)22)2-4-18-5-3-10(21)7-14(18)24-16(13)15(11)18/h3,5,8-10,14,21H,2,4,6-7H2,1H3,(H2,20,22)/t9?,10-,14-,18+/m0/s1. The number of hydrogen-bond donors (Lipinski definition) is 2. The van der Waals surface area contributed by atoms with Crippen molar-refractivity contribution in [2.75, 3.05) is 7.11 Å². The van der Waals surface area contributed by atoms with E-state index in [4.69, 9.17) is 15.2 Å². The van der Waals surface area contributed by atoms with Crippen molar-refractivity contribution in [3.8, 4) is 11.5 Å². The van der Waals surface area contributed by atoms with Crippen LogP contribution in [0.1, 0.15) is 30.4 Å². The van der Waals surface area contributed by atoms with Crippen LogP contribution in [-0.2, 0) is 16.6 Å². The molecule has 4 rings (SSSR count). The van der Waals surface area contributed by atoms with E-state index in [2.05, 4.69) is 22.0 Å². The fourth-order valence-electron chi connectivity index (χ4n) is 4.42. The number of ether oxygens (including phenoxy) is 2. The Balaban J connectivity index is 1.97. The van der Waals surface area contributed by atoms with Gasteiger partial charge in [0, 0.05) is 22.4 Å². The summed E-state index contributed by atoms with van der Waals surface area (Å²) in [6.45, 7) is 0. The molecule has 1 unspecified atom stereocenters. The third kappa shape index (κ3) is 2.12. The van der Waals surface area contributed by atoms with Crippen LogP contribution in [-0.4, -0.2) is 30.3 Å². The van der Waals surface area contributed by atoms with E-state index in [1.165, 1.54) is 0 Å². The molecule has 2 aliphatic carbocycles. The third-order valence-corrected chi connectivity index (χ3v) is 6.36. The lowest BCUT2D eigenvalue weighted by molar-refractivity contribution is -0.122. The summed E-state index contributed by atoms with van der Waals surface area (Å²) in [5.41, 5.74) is 7.45. The molecule has 0 aromatic heterocycles. The molecule has 1 heterocycles. The summed E-state index contributed by atoms with van der Waals surface area (Å²) in [5.74, 6) is 0.958. The van der Waals surface area contributed by atoms with Crippen molar-refractivity contribution in [3.05, 3.63) is 33.8 Å². The minimum atomic E-state index is -0.511. The van der Waals surface area contributed by atoms with Crippen molar-refractivity contribution < 1.29 is 19.4 Å². The van der Waals surface area contributed by atoms with Crippen molar-refractivity contribution in [2.45, 2.75) is 43.3 Å². The van der Waals surface area contributed by atoms with E-state index in [1.54, 1.807) is 7.11 Å². The Morgan fingerprint density at radius 1 is 1.54 bits per heavy atom. The maximum Gasteiger partial charge on any atom is 0.220 e. The Morgan fingerprint density at radius 3 is 3.04 bits per heavy atom. The minimum absolute atomic E-state index is 0.152. The molecule has 24 heavy (non-hydrogen) atoms. The first-order chi connectivity index (χ1) is 11.5. The van der Waals surface area contributed by atoms with Gasteiger partial charge in [0.2, 0.25) is 5.91 Å². The molecule has 3 N–H and O–H groups in total. The number of hydrogen-bond acceptors (Lipinski definition) is 4. The molecule has 1 spiro atoms. The van der Waals surface area contributed by atoms with Crippen LogP contribution in [0.3, 0.4) is 0 Å². The Hall–Kier alpha value is -1.53. The molecule has 0 radical (unpaired) electrons. The second-order valence-corrected chi connectivity index (χ2v) is 7.75. The quantitative estimate of drug-likeness (QED) is 0.754. The van der Waals surface area contributed by atoms with E-state index < -0.39 is 6.10 Å². The number of methoxy groups -OCH3 is 1. The van der Waals surface area contributed by atoms with Gasteiger partial charge in [-0.3, -0.25) is 4.79 Å². The second kappa shape index (κ2) is 5.49. The minimum Gasteiger partial charge on any atom is -0.493 e. The smallest absolute Gasteiger partial charge is 0.220 e. The Kier molecular flexibility index (Phi) is 3.65. The molecule has 0 saturated heterocycles. The monoisotopic (exact) mass is 393 g/mol. The van der Waals surface area contributed by atoms with Gasteiger partial charge in [-0.25, -0.2) is 0 Å².